The zero-order chi connectivity index (χ0) is 43.6. The van der Waals surface area contributed by atoms with Crippen LogP contribution in [0.25, 0.3) is 0 Å². The van der Waals surface area contributed by atoms with E-state index in [1.165, 1.54) is 60.6 Å². The summed E-state index contributed by atoms with van der Waals surface area (Å²) < 4.78 is 68.8. The number of nitrogens with one attached hydrogen (secondary N) is 1. The Labute approximate surface area is 333 Å². The lowest BCUT2D eigenvalue weighted by molar-refractivity contribution is -0.346. The fraction of sp³-hybridized carbons (Fsp3) is 0.675. The average molecular weight is 828 g/mol. The number of carbonyl (C=O) groups is 5. The number of alkyl carbamates (subject to hydrolysis) is 1. The maximum atomic E-state index is 14.8. The highest BCUT2D eigenvalue weighted by Crippen LogP contribution is 2.64. The van der Waals surface area contributed by atoms with Gasteiger partial charge in [0.15, 0.2) is 17.5 Å². The van der Waals surface area contributed by atoms with E-state index in [1.54, 1.807) is 18.2 Å². The second-order valence-corrected chi connectivity index (χ2v) is 17.4. The number of Topliss-reactive ketones (excluding diaryl/α,β-unsaturated/α-hetero) is 1. The predicted molar refractivity (Wildman–Crippen MR) is 193 cm³/mol. The summed E-state index contributed by atoms with van der Waals surface area (Å²) in [5, 5.41) is 50.4. The Balaban J connectivity index is 1.65. The maximum absolute atomic E-state index is 14.8. The Morgan fingerprint density at radius 3 is 2.19 bits per heavy atom. The molecule has 58 heavy (non-hydrogen) atoms. The van der Waals surface area contributed by atoms with E-state index < -0.39 is 131 Å². The maximum Gasteiger partial charge on any atom is 0.407 e. The van der Waals surface area contributed by atoms with Gasteiger partial charge in [0.1, 0.15) is 35.6 Å². The summed E-state index contributed by atoms with van der Waals surface area (Å²) in [7, 11) is 0. The third kappa shape index (κ3) is 7.97. The average Bonchev–Trinajstić information content (AvgIpc) is 3.10. The fourth-order valence-electron chi connectivity index (χ4n) is 9.24. The molecule has 0 aromatic heterocycles. The van der Waals surface area contributed by atoms with Gasteiger partial charge in [0.25, 0.3) is 0 Å². The summed E-state index contributed by atoms with van der Waals surface area (Å²) in [4.78, 5) is 68.0. The van der Waals surface area contributed by atoms with Crippen molar-refractivity contribution >= 4 is 29.8 Å². The second kappa shape index (κ2) is 15.5. The van der Waals surface area contributed by atoms with Gasteiger partial charge in [-0.3, -0.25) is 9.59 Å². The first-order valence-electron chi connectivity index (χ1n) is 19.0. The van der Waals surface area contributed by atoms with E-state index in [0.29, 0.717) is 0 Å². The molecule has 5 rings (SSSR count). The highest BCUT2D eigenvalue weighted by molar-refractivity contribution is 5.94. The van der Waals surface area contributed by atoms with Crippen molar-refractivity contribution in [2.24, 2.45) is 16.7 Å². The number of ketones is 1. The number of amides is 1. The highest BCUT2D eigenvalue weighted by Gasteiger charge is 2.78. The molecule has 4 aliphatic rings. The molecule has 1 amide bonds. The zero-order valence-corrected chi connectivity index (χ0v) is 33.5. The molecule has 1 aliphatic heterocycles. The van der Waals surface area contributed by atoms with Crippen LogP contribution in [-0.2, 0) is 38.1 Å². The number of esters is 3. The topological polar surface area (TPSA) is 224 Å². The molecule has 0 unspecified atom stereocenters. The van der Waals surface area contributed by atoms with Crippen LogP contribution in [0.1, 0.15) is 91.4 Å². The van der Waals surface area contributed by atoms with Crippen molar-refractivity contribution in [3.8, 4) is 0 Å². The molecule has 11 atom stereocenters. The molecule has 0 radical (unpaired) electrons. The van der Waals surface area contributed by atoms with Crippen molar-refractivity contribution in [2.45, 2.75) is 147 Å². The first kappa shape index (κ1) is 45.0. The number of carbonyl (C=O) groups excluding carboxylic acids is 5. The van der Waals surface area contributed by atoms with Gasteiger partial charge in [-0.2, -0.15) is 13.2 Å². The van der Waals surface area contributed by atoms with E-state index >= 15 is 0 Å². The number of hydrogen-bond acceptors (Lipinski definition) is 14. The summed E-state index contributed by atoms with van der Waals surface area (Å²) in [6.07, 6.45) is -20.2. The van der Waals surface area contributed by atoms with Crippen molar-refractivity contribution in [1.82, 2.24) is 5.32 Å². The van der Waals surface area contributed by atoms with E-state index in [2.05, 4.69) is 5.32 Å². The van der Waals surface area contributed by atoms with Crippen molar-refractivity contribution in [2.75, 3.05) is 6.61 Å². The van der Waals surface area contributed by atoms with Crippen LogP contribution in [-0.4, -0.2) is 122 Å². The molecule has 3 aliphatic carbocycles. The van der Waals surface area contributed by atoms with E-state index in [0.717, 1.165) is 6.92 Å². The summed E-state index contributed by atoms with van der Waals surface area (Å²) in [6.45, 7) is 10.8. The normalized spacial score (nSPS) is 34.1. The largest absolute Gasteiger partial charge is 0.456 e. The molecule has 5 N–H and O–H groups in total. The van der Waals surface area contributed by atoms with Gasteiger partial charge in [-0.1, -0.05) is 32.0 Å². The van der Waals surface area contributed by atoms with Gasteiger partial charge in [-0.05, 0) is 64.3 Å². The lowest BCUT2D eigenvalue weighted by Crippen LogP contribution is -2.81. The van der Waals surface area contributed by atoms with Gasteiger partial charge >= 0.3 is 30.2 Å². The first-order valence-corrected chi connectivity index (χ1v) is 19.0. The number of fused-ring (bicyclic) bond motifs is 5. The van der Waals surface area contributed by atoms with Crippen LogP contribution < -0.4 is 5.32 Å². The second-order valence-electron chi connectivity index (χ2n) is 17.4. The quantitative estimate of drug-likeness (QED) is 0.137. The monoisotopic (exact) mass is 827 g/mol. The molecule has 322 valence electrons. The molecule has 1 saturated heterocycles. The van der Waals surface area contributed by atoms with Gasteiger partial charge in [-0.15, -0.1) is 0 Å². The molecule has 1 aromatic carbocycles. The number of halogens is 3. The van der Waals surface area contributed by atoms with Gasteiger partial charge in [-0.25, -0.2) is 14.4 Å². The number of rotatable bonds is 9. The van der Waals surface area contributed by atoms with E-state index in [1.807, 2.05) is 0 Å². The Hall–Kier alpha value is -4.10. The van der Waals surface area contributed by atoms with Crippen LogP contribution in [0.2, 0.25) is 0 Å². The minimum Gasteiger partial charge on any atom is -0.456 e. The molecule has 2 saturated carbocycles. The number of alkyl halides is 3. The molecule has 15 nitrogen and oxygen atoms in total. The highest BCUT2D eigenvalue weighted by atomic mass is 19.4. The molecule has 0 spiro atoms. The van der Waals surface area contributed by atoms with Crippen LogP contribution in [0.15, 0.2) is 41.5 Å². The van der Waals surface area contributed by atoms with Crippen molar-refractivity contribution in [3.63, 3.8) is 0 Å². The Morgan fingerprint density at radius 2 is 1.66 bits per heavy atom. The Kier molecular flexibility index (Phi) is 12.0. The van der Waals surface area contributed by atoms with Crippen molar-refractivity contribution in [1.29, 1.82) is 0 Å². The smallest absolute Gasteiger partial charge is 0.407 e. The number of hydrogen-bond donors (Lipinski definition) is 5. The minimum absolute atomic E-state index is 0.00283. The predicted octanol–water partition coefficient (Wildman–Crippen LogP) is 3.23. The summed E-state index contributed by atoms with van der Waals surface area (Å²) in [6, 6.07) is 5.68. The molecule has 3 fully saturated rings. The third-order valence-corrected chi connectivity index (χ3v) is 12.2. The molecular formula is C40H52F3NO14. The number of aliphatic hydroxyl groups excluding tert-OH is 3. The fourth-order valence-corrected chi connectivity index (χ4v) is 9.24. The van der Waals surface area contributed by atoms with E-state index in [9.17, 15) is 57.6 Å². The summed E-state index contributed by atoms with van der Waals surface area (Å²) in [5.74, 6) is -6.00. The molecule has 2 bridgehead atoms. The van der Waals surface area contributed by atoms with Crippen molar-refractivity contribution < 1.29 is 81.3 Å². The minimum atomic E-state index is -4.76. The van der Waals surface area contributed by atoms with E-state index in [-0.39, 0.29) is 29.7 Å². The van der Waals surface area contributed by atoms with Crippen LogP contribution in [0.4, 0.5) is 18.0 Å². The van der Waals surface area contributed by atoms with Crippen LogP contribution in [0.3, 0.4) is 0 Å². The lowest BCUT2D eigenvalue weighted by atomic mass is 9.44. The van der Waals surface area contributed by atoms with Crippen molar-refractivity contribution in [3.05, 3.63) is 47.0 Å². The van der Waals surface area contributed by atoms with Gasteiger partial charge < -0.3 is 49.4 Å². The lowest BCUT2D eigenvalue weighted by Gasteiger charge is -2.67. The zero-order valence-electron chi connectivity index (χ0n) is 33.5. The van der Waals surface area contributed by atoms with Crippen LogP contribution in [0.5, 0.6) is 0 Å². The summed E-state index contributed by atoms with van der Waals surface area (Å²) >= 11 is 0. The van der Waals surface area contributed by atoms with Gasteiger partial charge in [0.2, 0.25) is 0 Å². The number of benzene rings is 1. The molecular weight excluding hydrogens is 775 g/mol. The van der Waals surface area contributed by atoms with Crippen LogP contribution in [0, 0.1) is 16.7 Å². The van der Waals surface area contributed by atoms with Gasteiger partial charge in [0, 0.05) is 31.6 Å². The molecule has 18 heteroatoms. The first-order chi connectivity index (χ1) is 26.6. The SMILES string of the molecule is CC(=O)O[C@@]12CO[C@@H]1C[C@H](O)[C@@]1(C)C(=O)[C@H](O)C3=C(C)[C@@H](OC(=O)[C@H](O)[C@H](CCC(F)(F)F)NC(=O)OC(C)(C)C)C[C@@](O)([C@@H](OC(=O)c4ccccc4)[C@H]21)C3(C)C. The molecule has 1 heterocycles. The Morgan fingerprint density at radius 1 is 1.03 bits per heavy atom. The standard InChI is InChI=1S/C40H52F3NO14/c1-19-23(55-33(51)27(47)22(14-15-40(41,42)43)44-34(52)58-35(3,4)5)17-39(53)31(56-32(50)21-12-10-9-11-13-21)29-37(8,30(49)28(48)26(19)36(39,6)7)24(46)16-25-38(29,18-54-25)57-20(2)45/h9-13,22-25,27-29,31,46-48,53H,14-18H2,1-8H3,(H,44,52)/t22-,23-,24-,25+,27+,28+,29-,31-,37+,38-,39+/m0/s1. The third-order valence-electron chi connectivity index (χ3n) is 12.2. The number of aliphatic hydroxyl groups is 4. The van der Waals surface area contributed by atoms with Crippen LogP contribution >= 0.6 is 0 Å². The Bertz CT molecular complexity index is 1830. The number of ether oxygens (including phenoxy) is 5. The summed E-state index contributed by atoms with van der Waals surface area (Å²) in [5.41, 5.74) is -9.41. The van der Waals surface area contributed by atoms with E-state index in [4.69, 9.17) is 23.7 Å². The molecule has 1 aromatic rings. The van der Waals surface area contributed by atoms with Gasteiger partial charge in [0.05, 0.1) is 35.6 Å².